The number of hydrogen-bond acceptors (Lipinski definition) is 2. The highest BCUT2D eigenvalue weighted by atomic mass is 79.9. The van der Waals surface area contributed by atoms with E-state index in [1.54, 1.807) is 0 Å². The van der Waals surface area contributed by atoms with Crippen LogP contribution in [-0.4, -0.2) is 16.1 Å². The first-order valence-corrected chi connectivity index (χ1v) is 7.92. The largest absolute Gasteiger partial charge is 0.341 e. The Kier molecular flexibility index (Phi) is 4.29. The lowest BCUT2D eigenvalue weighted by molar-refractivity contribution is 0.800. The SMILES string of the molecule is NCCc1cn(Cc2ccc(Br)cn2)c2cc(Cl)ccc12. The standard InChI is InChI=1S/C16H15BrClN3/c17-12-1-3-14(20-8-12)10-21-9-11(5-6-19)15-4-2-13(18)7-16(15)21/h1-4,7-9H,5-6,10,19H2. The lowest BCUT2D eigenvalue weighted by atomic mass is 10.1. The van der Waals surface area contributed by atoms with Crippen LogP contribution in [0.5, 0.6) is 0 Å². The Labute approximate surface area is 136 Å². The average molecular weight is 365 g/mol. The van der Waals surface area contributed by atoms with Crippen LogP contribution in [-0.2, 0) is 13.0 Å². The molecule has 108 valence electrons. The maximum atomic E-state index is 6.14. The van der Waals surface area contributed by atoms with Gasteiger partial charge in [0.2, 0.25) is 0 Å². The lowest BCUT2D eigenvalue weighted by Gasteiger charge is -2.05. The smallest absolute Gasteiger partial charge is 0.0648 e. The number of aromatic nitrogens is 2. The molecule has 0 saturated heterocycles. The predicted octanol–water partition coefficient (Wildman–Crippen LogP) is 4.00. The van der Waals surface area contributed by atoms with Gasteiger partial charge in [0.05, 0.1) is 17.8 Å². The molecule has 0 atom stereocenters. The van der Waals surface area contributed by atoms with Crippen LogP contribution in [0.25, 0.3) is 10.9 Å². The summed E-state index contributed by atoms with van der Waals surface area (Å²) in [6.07, 6.45) is 4.82. The molecule has 21 heavy (non-hydrogen) atoms. The summed E-state index contributed by atoms with van der Waals surface area (Å²) in [7, 11) is 0. The van der Waals surface area contributed by atoms with Crippen molar-refractivity contribution in [2.75, 3.05) is 6.54 Å². The molecule has 0 aliphatic carbocycles. The summed E-state index contributed by atoms with van der Waals surface area (Å²) in [4.78, 5) is 4.43. The topological polar surface area (TPSA) is 43.8 Å². The second-order valence-corrected chi connectivity index (χ2v) is 6.30. The maximum Gasteiger partial charge on any atom is 0.0648 e. The molecule has 2 N–H and O–H groups in total. The van der Waals surface area contributed by atoms with Gasteiger partial charge in [0, 0.05) is 27.3 Å². The third-order valence-electron chi connectivity index (χ3n) is 3.46. The van der Waals surface area contributed by atoms with Gasteiger partial charge in [-0.1, -0.05) is 17.7 Å². The zero-order valence-corrected chi connectivity index (χ0v) is 13.7. The third kappa shape index (κ3) is 3.12. The molecular weight excluding hydrogens is 350 g/mol. The van der Waals surface area contributed by atoms with Gasteiger partial charge < -0.3 is 10.3 Å². The zero-order valence-electron chi connectivity index (χ0n) is 11.4. The monoisotopic (exact) mass is 363 g/mol. The summed E-state index contributed by atoms with van der Waals surface area (Å²) >= 11 is 9.55. The summed E-state index contributed by atoms with van der Waals surface area (Å²) in [5, 5.41) is 1.95. The molecule has 5 heteroatoms. The third-order valence-corrected chi connectivity index (χ3v) is 4.17. The molecule has 1 aromatic carbocycles. The van der Waals surface area contributed by atoms with Gasteiger partial charge >= 0.3 is 0 Å². The minimum atomic E-state index is 0.637. The Bertz CT molecular complexity index is 765. The molecule has 2 heterocycles. The van der Waals surface area contributed by atoms with E-state index in [4.69, 9.17) is 17.3 Å². The molecule has 0 amide bonds. The van der Waals surface area contributed by atoms with Crippen LogP contribution >= 0.6 is 27.5 Å². The van der Waals surface area contributed by atoms with Crippen LogP contribution < -0.4 is 5.73 Å². The second kappa shape index (κ2) is 6.18. The van der Waals surface area contributed by atoms with Crippen molar-refractivity contribution in [3.63, 3.8) is 0 Å². The van der Waals surface area contributed by atoms with Gasteiger partial charge in [-0.15, -0.1) is 0 Å². The van der Waals surface area contributed by atoms with E-state index >= 15 is 0 Å². The highest BCUT2D eigenvalue weighted by molar-refractivity contribution is 9.10. The van der Waals surface area contributed by atoms with E-state index in [2.05, 4.69) is 37.7 Å². The first-order chi connectivity index (χ1) is 10.2. The number of benzene rings is 1. The highest BCUT2D eigenvalue weighted by Gasteiger charge is 2.09. The second-order valence-electron chi connectivity index (χ2n) is 4.95. The first-order valence-electron chi connectivity index (χ1n) is 6.75. The lowest BCUT2D eigenvalue weighted by Crippen LogP contribution is -2.02. The van der Waals surface area contributed by atoms with Gasteiger partial charge in [-0.3, -0.25) is 4.98 Å². The van der Waals surface area contributed by atoms with Crippen molar-refractivity contribution in [1.82, 2.24) is 9.55 Å². The molecule has 3 aromatic rings. The van der Waals surface area contributed by atoms with Crippen LogP contribution in [0, 0.1) is 0 Å². The Balaban J connectivity index is 2.04. The summed E-state index contributed by atoms with van der Waals surface area (Å²) < 4.78 is 3.16. The maximum absolute atomic E-state index is 6.14. The van der Waals surface area contributed by atoms with Crippen molar-refractivity contribution in [2.24, 2.45) is 5.73 Å². The van der Waals surface area contributed by atoms with Crippen molar-refractivity contribution in [3.8, 4) is 0 Å². The van der Waals surface area contributed by atoms with Gasteiger partial charge in [-0.25, -0.2) is 0 Å². The fourth-order valence-electron chi connectivity index (χ4n) is 2.50. The number of halogens is 2. The van der Waals surface area contributed by atoms with E-state index in [1.807, 2.05) is 30.5 Å². The van der Waals surface area contributed by atoms with Crippen LogP contribution in [0.1, 0.15) is 11.3 Å². The number of rotatable bonds is 4. The summed E-state index contributed by atoms with van der Waals surface area (Å²) in [6.45, 7) is 1.35. The van der Waals surface area contributed by atoms with Gasteiger partial charge in [0.1, 0.15) is 0 Å². The highest BCUT2D eigenvalue weighted by Crippen LogP contribution is 2.26. The molecule has 0 unspecified atom stereocenters. The molecule has 0 aliphatic heterocycles. The van der Waals surface area contributed by atoms with Crippen molar-refractivity contribution >= 4 is 38.4 Å². The minimum Gasteiger partial charge on any atom is -0.341 e. The summed E-state index contributed by atoms with van der Waals surface area (Å²) in [5.74, 6) is 0. The van der Waals surface area contributed by atoms with E-state index in [-0.39, 0.29) is 0 Å². The van der Waals surface area contributed by atoms with Crippen LogP contribution in [0.4, 0.5) is 0 Å². The average Bonchev–Trinajstić information content (AvgIpc) is 2.79. The number of pyridine rings is 1. The van der Waals surface area contributed by atoms with Gasteiger partial charge in [-0.2, -0.15) is 0 Å². The molecule has 0 fully saturated rings. The molecular formula is C16H15BrClN3. The van der Waals surface area contributed by atoms with E-state index in [0.717, 1.165) is 27.1 Å². The van der Waals surface area contributed by atoms with Crippen molar-refractivity contribution < 1.29 is 0 Å². The predicted molar refractivity (Wildman–Crippen MR) is 90.7 cm³/mol. The van der Waals surface area contributed by atoms with E-state index in [0.29, 0.717) is 13.1 Å². The molecule has 0 saturated carbocycles. The van der Waals surface area contributed by atoms with E-state index in [9.17, 15) is 0 Å². The quantitative estimate of drug-likeness (QED) is 0.760. The number of hydrogen-bond donors (Lipinski definition) is 1. The van der Waals surface area contributed by atoms with Gasteiger partial charge in [0.15, 0.2) is 0 Å². The number of nitrogens with zero attached hydrogens (tertiary/aromatic N) is 2. The zero-order chi connectivity index (χ0) is 14.8. The van der Waals surface area contributed by atoms with E-state index < -0.39 is 0 Å². The Morgan fingerprint density at radius 1 is 1.24 bits per heavy atom. The molecule has 3 nitrogen and oxygen atoms in total. The molecule has 0 radical (unpaired) electrons. The molecule has 3 rings (SSSR count). The van der Waals surface area contributed by atoms with Crippen LogP contribution in [0.3, 0.4) is 0 Å². The fourth-order valence-corrected chi connectivity index (χ4v) is 2.90. The minimum absolute atomic E-state index is 0.637. The normalized spacial score (nSPS) is 11.2. The Hall–Kier alpha value is -1.36. The van der Waals surface area contributed by atoms with Crippen LogP contribution in [0.15, 0.2) is 47.2 Å². The van der Waals surface area contributed by atoms with Gasteiger partial charge in [-0.05, 0) is 58.7 Å². The van der Waals surface area contributed by atoms with Crippen LogP contribution in [0.2, 0.25) is 5.02 Å². The van der Waals surface area contributed by atoms with Crippen molar-refractivity contribution in [3.05, 3.63) is 63.5 Å². The summed E-state index contributed by atoms with van der Waals surface area (Å²) in [6, 6.07) is 10.0. The number of nitrogens with two attached hydrogens (primary N) is 1. The van der Waals surface area contributed by atoms with Crippen molar-refractivity contribution in [1.29, 1.82) is 0 Å². The fraction of sp³-hybridized carbons (Fsp3) is 0.188. The van der Waals surface area contributed by atoms with Gasteiger partial charge in [0.25, 0.3) is 0 Å². The van der Waals surface area contributed by atoms with Crippen molar-refractivity contribution in [2.45, 2.75) is 13.0 Å². The number of fused-ring (bicyclic) bond motifs is 1. The molecule has 0 spiro atoms. The molecule has 0 aliphatic rings. The molecule has 2 aromatic heterocycles. The Morgan fingerprint density at radius 3 is 2.81 bits per heavy atom. The van der Waals surface area contributed by atoms with E-state index in [1.165, 1.54) is 10.9 Å². The molecule has 0 bridgehead atoms. The Morgan fingerprint density at radius 2 is 2.10 bits per heavy atom. The first kappa shape index (κ1) is 14.6. The summed E-state index contributed by atoms with van der Waals surface area (Å²) in [5.41, 5.74) is 9.09.